The monoisotopic (exact) mass is 423 g/mol. The summed E-state index contributed by atoms with van der Waals surface area (Å²) < 4.78 is 41.9. The van der Waals surface area contributed by atoms with Crippen LogP contribution in [0.4, 0.5) is 36.2 Å². The van der Waals surface area contributed by atoms with E-state index >= 15 is 0 Å². The van der Waals surface area contributed by atoms with Gasteiger partial charge in [-0.15, -0.1) is 23.4 Å². The largest absolute Gasteiger partial charge is 0.573 e. The molecular formula is C18H20F3N7O2. The molecule has 1 saturated heterocycles. The standard InChI is InChI=1S/C18H20F3N7O2/c1-27-15(16(22)29)10-23-17(27)26-25-13-6-5-12(28-7-3-2-4-8-28)9-14(13)24-11-30-18(19,20)21/h5-6,9-11H,2-4,7-8H2,1H3,(H2,22,29). The summed E-state index contributed by atoms with van der Waals surface area (Å²) >= 11 is 0. The van der Waals surface area contributed by atoms with Gasteiger partial charge in [0.2, 0.25) is 5.95 Å². The number of nitrogens with zero attached hydrogens (tertiary/aromatic N) is 6. The minimum absolute atomic E-state index is 0.102. The van der Waals surface area contributed by atoms with E-state index in [1.54, 1.807) is 18.2 Å². The van der Waals surface area contributed by atoms with Crippen molar-refractivity contribution in [1.82, 2.24) is 9.55 Å². The Morgan fingerprint density at radius 3 is 2.57 bits per heavy atom. The number of ether oxygens (including phenoxy) is 1. The summed E-state index contributed by atoms with van der Waals surface area (Å²) in [5, 5.41) is 7.99. The van der Waals surface area contributed by atoms with Gasteiger partial charge in [-0.2, -0.15) is 0 Å². The van der Waals surface area contributed by atoms with Gasteiger partial charge < -0.3 is 19.9 Å². The van der Waals surface area contributed by atoms with Gasteiger partial charge in [0.15, 0.2) is 6.40 Å². The summed E-state index contributed by atoms with van der Waals surface area (Å²) in [6.07, 6.45) is -0.0398. The molecule has 1 aliphatic heterocycles. The Labute approximate surface area is 170 Å². The number of primary amides is 1. The molecule has 0 atom stereocenters. The van der Waals surface area contributed by atoms with E-state index in [1.807, 2.05) is 0 Å². The SMILES string of the molecule is Cn1c(C(N)=O)cnc1N=Nc1ccc(N2CCCCC2)cc1N=COC(F)(F)F. The quantitative estimate of drug-likeness (QED) is 0.428. The molecule has 9 nitrogen and oxygen atoms in total. The first-order chi connectivity index (χ1) is 14.2. The third kappa shape index (κ3) is 5.33. The maximum absolute atomic E-state index is 12.3. The van der Waals surface area contributed by atoms with Crippen LogP contribution in [0.5, 0.6) is 0 Å². The van der Waals surface area contributed by atoms with Crippen molar-refractivity contribution < 1.29 is 22.7 Å². The van der Waals surface area contributed by atoms with Crippen LogP contribution in [0.3, 0.4) is 0 Å². The van der Waals surface area contributed by atoms with Gasteiger partial charge in [-0.1, -0.05) is 0 Å². The number of hydrogen-bond donors (Lipinski definition) is 1. The van der Waals surface area contributed by atoms with Crippen molar-refractivity contribution in [1.29, 1.82) is 0 Å². The van der Waals surface area contributed by atoms with Crippen molar-refractivity contribution in [3.63, 3.8) is 0 Å². The lowest BCUT2D eigenvalue weighted by Gasteiger charge is -2.29. The molecule has 1 aromatic carbocycles. The minimum Gasteiger partial charge on any atom is -0.395 e. The van der Waals surface area contributed by atoms with Gasteiger partial charge in [-0.05, 0) is 37.5 Å². The second-order valence-corrected chi connectivity index (χ2v) is 6.59. The molecule has 2 heterocycles. The van der Waals surface area contributed by atoms with Crippen molar-refractivity contribution >= 4 is 35.3 Å². The molecule has 0 radical (unpaired) electrons. The molecule has 0 bridgehead atoms. The van der Waals surface area contributed by atoms with Crippen LogP contribution < -0.4 is 10.6 Å². The highest BCUT2D eigenvalue weighted by Gasteiger charge is 2.29. The predicted octanol–water partition coefficient (Wildman–Crippen LogP) is 4.12. The number of azo groups is 1. The highest BCUT2D eigenvalue weighted by Crippen LogP contribution is 2.34. The number of nitrogens with two attached hydrogens (primary N) is 1. The van der Waals surface area contributed by atoms with Gasteiger partial charge in [0, 0.05) is 25.8 Å². The number of hydrogen-bond acceptors (Lipinski definition) is 7. The molecule has 1 fully saturated rings. The Morgan fingerprint density at radius 1 is 1.20 bits per heavy atom. The molecule has 160 valence electrons. The molecule has 2 aromatic rings. The van der Waals surface area contributed by atoms with Crippen LogP contribution in [-0.4, -0.2) is 41.3 Å². The summed E-state index contributed by atoms with van der Waals surface area (Å²) in [5.74, 6) is -0.572. The molecule has 0 unspecified atom stereocenters. The zero-order valence-electron chi connectivity index (χ0n) is 16.1. The number of anilines is 1. The Hall–Kier alpha value is -3.44. The van der Waals surface area contributed by atoms with Gasteiger partial charge in [0.1, 0.15) is 11.4 Å². The number of alkyl halides is 3. The molecular weight excluding hydrogens is 403 g/mol. The second kappa shape index (κ2) is 8.93. The zero-order valence-corrected chi connectivity index (χ0v) is 16.1. The molecule has 0 saturated carbocycles. The first kappa shape index (κ1) is 21.3. The summed E-state index contributed by atoms with van der Waals surface area (Å²) in [7, 11) is 1.54. The van der Waals surface area contributed by atoms with Crippen LogP contribution in [0, 0.1) is 0 Å². The Morgan fingerprint density at radius 2 is 1.93 bits per heavy atom. The molecule has 1 aliphatic rings. The lowest BCUT2D eigenvalue weighted by atomic mass is 10.1. The lowest BCUT2D eigenvalue weighted by molar-refractivity contribution is -0.280. The van der Waals surface area contributed by atoms with E-state index < -0.39 is 12.3 Å². The Bertz CT molecular complexity index is 963. The van der Waals surface area contributed by atoms with E-state index in [-0.39, 0.29) is 23.0 Å². The van der Waals surface area contributed by atoms with Crippen LogP contribution >= 0.6 is 0 Å². The van der Waals surface area contributed by atoms with E-state index in [4.69, 9.17) is 5.73 Å². The van der Waals surface area contributed by atoms with Crippen molar-refractivity contribution in [3.8, 4) is 0 Å². The van der Waals surface area contributed by atoms with Crippen LogP contribution in [0.2, 0.25) is 0 Å². The number of carbonyl (C=O) groups excluding carboxylic acids is 1. The highest BCUT2D eigenvalue weighted by atomic mass is 19.4. The Balaban J connectivity index is 1.90. The van der Waals surface area contributed by atoms with Crippen molar-refractivity contribution in [3.05, 3.63) is 30.1 Å². The maximum atomic E-state index is 12.3. The van der Waals surface area contributed by atoms with Crippen LogP contribution in [0.25, 0.3) is 0 Å². The number of amides is 1. The fourth-order valence-electron chi connectivity index (χ4n) is 3.01. The average molecular weight is 423 g/mol. The molecule has 30 heavy (non-hydrogen) atoms. The van der Waals surface area contributed by atoms with E-state index in [0.717, 1.165) is 38.0 Å². The fraction of sp³-hybridized carbons (Fsp3) is 0.389. The van der Waals surface area contributed by atoms with E-state index in [9.17, 15) is 18.0 Å². The van der Waals surface area contributed by atoms with Crippen LogP contribution in [-0.2, 0) is 11.8 Å². The number of halogens is 3. The molecule has 2 N–H and O–H groups in total. The minimum atomic E-state index is -4.84. The molecule has 0 spiro atoms. The predicted molar refractivity (Wildman–Crippen MR) is 104 cm³/mol. The number of aromatic nitrogens is 2. The third-order valence-corrected chi connectivity index (χ3v) is 4.52. The number of benzene rings is 1. The summed E-state index contributed by atoms with van der Waals surface area (Å²) in [6, 6.07) is 5.03. The third-order valence-electron chi connectivity index (χ3n) is 4.52. The van der Waals surface area contributed by atoms with Gasteiger partial charge in [0.25, 0.3) is 5.91 Å². The molecule has 3 rings (SSSR count). The van der Waals surface area contributed by atoms with Gasteiger partial charge >= 0.3 is 6.36 Å². The number of carbonyl (C=O) groups is 1. The summed E-state index contributed by atoms with van der Waals surface area (Å²) in [5.41, 5.74) is 6.55. The number of imidazole rings is 1. The highest BCUT2D eigenvalue weighted by molar-refractivity contribution is 5.91. The van der Waals surface area contributed by atoms with Gasteiger partial charge in [-0.25, -0.2) is 9.98 Å². The van der Waals surface area contributed by atoms with E-state index in [2.05, 4.69) is 29.8 Å². The number of aliphatic imine (C=N–C) groups is 1. The maximum Gasteiger partial charge on any atom is 0.573 e. The topological polar surface area (TPSA) is 110 Å². The van der Waals surface area contributed by atoms with Crippen molar-refractivity contribution in [2.75, 3.05) is 18.0 Å². The Kier molecular flexibility index (Phi) is 6.33. The van der Waals surface area contributed by atoms with Crippen LogP contribution in [0.15, 0.2) is 39.6 Å². The molecule has 1 amide bonds. The molecule has 12 heteroatoms. The first-order valence-electron chi connectivity index (χ1n) is 9.14. The summed E-state index contributed by atoms with van der Waals surface area (Å²) in [4.78, 5) is 21.2. The van der Waals surface area contributed by atoms with Crippen molar-refractivity contribution in [2.45, 2.75) is 25.6 Å². The smallest absolute Gasteiger partial charge is 0.395 e. The van der Waals surface area contributed by atoms with Crippen molar-refractivity contribution in [2.24, 2.45) is 28.0 Å². The summed E-state index contributed by atoms with van der Waals surface area (Å²) in [6.45, 7) is 1.71. The zero-order chi connectivity index (χ0) is 21.7. The number of piperidine rings is 1. The van der Waals surface area contributed by atoms with E-state index in [1.165, 1.54) is 17.8 Å². The van der Waals surface area contributed by atoms with Crippen LogP contribution in [0.1, 0.15) is 29.8 Å². The van der Waals surface area contributed by atoms with Gasteiger partial charge in [0.05, 0.1) is 11.9 Å². The lowest BCUT2D eigenvalue weighted by Crippen LogP contribution is -2.29. The number of rotatable bonds is 6. The molecule has 0 aliphatic carbocycles. The molecule has 1 aromatic heterocycles. The first-order valence-corrected chi connectivity index (χ1v) is 9.14. The second-order valence-electron chi connectivity index (χ2n) is 6.59. The van der Waals surface area contributed by atoms with Gasteiger partial charge in [-0.3, -0.25) is 4.79 Å². The van der Waals surface area contributed by atoms with E-state index in [0.29, 0.717) is 6.40 Å². The normalized spacial score (nSPS) is 15.3. The average Bonchev–Trinajstić information content (AvgIpc) is 3.07. The fourth-order valence-corrected chi connectivity index (χ4v) is 3.01.